The Kier molecular flexibility index (Phi) is 3.80. The molecule has 0 radical (unpaired) electrons. The van der Waals surface area contributed by atoms with Crippen molar-refractivity contribution in [3.8, 4) is 11.4 Å². The number of hydrogen-bond donors (Lipinski definition) is 0. The van der Waals surface area contributed by atoms with E-state index in [0.717, 1.165) is 22.6 Å². The number of nitrogens with zero attached hydrogens (tertiary/aromatic N) is 2. The van der Waals surface area contributed by atoms with Gasteiger partial charge in [-0.25, -0.2) is 9.37 Å². The Hall–Kier alpha value is -2.07. The summed E-state index contributed by atoms with van der Waals surface area (Å²) in [5.41, 5.74) is 2.07. The van der Waals surface area contributed by atoms with Crippen molar-refractivity contribution >= 4 is 22.6 Å². The first-order valence-electron chi connectivity index (χ1n) is 6.61. The zero-order valence-electron chi connectivity index (χ0n) is 11.5. The number of aryl methyl sites for hydroxylation is 1. The Bertz CT molecular complexity index is 785. The van der Waals surface area contributed by atoms with Crippen molar-refractivity contribution in [1.29, 1.82) is 0 Å². The maximum absolute atomic E-state index is 14.1. The molecule has 3 aromatic rings. The van der Waals surface area contributed by atoms with E-state index >= 15 is 0 Å². The Labute approximate surface area is 126 Å². The number of benzene rings is 2. The van der Waals surface area contributed by atoms with E-state index in [2.05, 4.69) is 4.98 Å². The van der Waals surface area contributed by atoms with Crippen molar-refractivity contribution in [3.63, 3.8) is 0 Å². The van der Waals surface area contributed by atoms with Crippen LogP contribution in [0.15, 0.2) is 42.5 Å². The molecule has 0 N–H and O–H groups in total. The minimum atomic E-state index is -0.288. The third kappa shape index (κ3) is 2.47. The zero-order chi connectivity index (χ0) is 14.8. The van der Waals surface area contributed by atoms with Crippen molar-refractivity contribution in [2.75, 3.05) is 13.0 Å². The Morgan fingerprint density at radius 2 is 2.05 bits per heavy atom. The third-order valence-electron chi connectivity index (χ3n) is 3.34. The highest BCUT2D eigenvalue weighted by atomic mass is 35.5. The molecule has 0 aliphatic heterocycles. The maximum Gasteiger partial charge on any atom is 0.147 e. The van der Waals surface area contributed by atoms with Crippen LogP contribution in [0.25, 0.3) is 16.7 Å². The molecule has 108 valence electrons. The number of ether oxygens (including phenoxy) is 1. The first kappa shape index (κ1) is 13.9. The Morgan fingerprint density at radius 1 is 1.24 bits per heavy atom. The van der Waals surface area contributed by atoms with Gasteiger partial charge in [-0.15, -0.1) is 11.6 Å². The lowest BCUT2D eigenvalue weighted by Crippen LogP contribution is -2.04. The molecule has 0 unspecified atom stereocenters. The van der Waals surface area contributed by atoms with Crippen LogP contribution in [0.4, 0.5) is 4.39 Å². The molecule has 3 nitrogen and oxygen atoms in total. The molecule has 21 heavy (non-hydrogen) atoms. The molecule has 0 bridgehead atoms. The smallest absolute Gasteiger partial charge is 0.147 e. The van der Waals surface area contributed by atoms with Crippen LogP contribution in [0.2, 0.25) is 0 Å². The van der Waals surface area contributed by atoms with E-state index in [1.165, 1.54) is 6.07 Å². The monoisotopic (exact) mass is 304 g/mol. The number of imidazole rings is 1. The van der Waals surface area contributed by atoms with Gasteiger partial charge in [-0.05, 0) is 24.3 Å². The highest BCUT2D eigenvalue weighted by Gasteiger charge is 2.15. The third-order valence-corrected chi connectivity index (χ3v) is 3.53. The number of para-hydroxylation sites is 1. The number of fused-ring (bicyclic) bond motifs is 1. The van der Waals surface area contributed by atoms with Gasteiger partial charge in [-0.2, -0.15) is 0 Å². The van der Waals surface area contributed by atoms with Crippen LogP contribution in [0.5, 0.6) is 5.75 Å². The summed E-state index contributed by atoms with van der Waals surface area (Å²) in [6, 6.07) is 12.2. The average molecular weight is 305 g/mol. The second-order valence-corrected chi connectivity index (χ2v) is 4.99. The van der Waals surface area contributed by atoms with Crippen molar-refractivity contribution in [2.45, 2.75) is 6.42 Å². The van der Waals surface area contributed by atoms with Gasteiger partial charge in [0.15, 0.2) is 0 Å². The van der Waals surface area contributed by atoms with E-state index in [4.69, 9.17) is 16.3 Å². The largest absolute Gasteiger partial charge is 0.497 e. The molecular weight excluding hydrogens is 291 g/mol. The first-order chi connectivity index (χ1) is 10.2. The quantitative estimate of drug-likeness (QED) is 0.682. The Morgan fingerprint density at radius 3 is 2.76 bits per heavy atom. The molecule has 1 aromatic heterocycles. The van der Waals surface area contributed by atoms with Gasteiger partial charge in [-0.1, -0.05) is 12.1 Å². The van der Waals surface area contributed by atoms with E-state index in [1.807, 2.05) is 22.8 Å². The number of halogens is 2. The molecule has 0 amide bonds. The number of rotatable bonds is 4. The predicted molar refractivity (Wildman–Crippen MR) is 82.0 cm³/mol. The van der Waals surface area contributed by atoms with Gasteiger partial charge >= 0.3 is 0 Å². The van der Waals surface area contributed by atoms with E-state index in [0.29, 0.717) is 18.0 Å². The topological polar surface area (TPSA) is 27.1 Å². The van der Waals surface area contributed by atoms with E-state index in [9.17, 15) is 4.39 Å². The maximum atomic E-state index is 14.1. The molecule has 0 spiro atoms. The van der Waals surface area contributed by atoms with Crippen molar-refractivity contribution in [1.82, 2.24) is 9.55 Å². The highest BCUT2D eigenvalue weighted by molar-refractivity contribution is 6.17. The van der Waals surface area contributed by atoms with Gasteiger partial charge in [0, 0.05) is 18.4 Å². The van der Waals surface area contributed by atoms with Crippen molar-refractivity contribution < 1.29 is 9.13 Å². The molecule has 0 saturated carbocycles. The number of alkyl halides is 1. The average Bonchev–Trinajstić information content (AvgIpc) is 2.85. The molecule has 5 heteroatoms. The molecule has 0 fully saturated rings. The lowest BCUT2D eigenvalue weighted by atomic mass is 10.2. The van der Waals surface area contributed by atoms with Crippen LogP contribution >= 0.6 is 11.6 Å². The summed E-state index contributed by atoms with van der Waals surface area (Å²) in [5.74, 6) is 1.59. The van der Waals surface area contributed by atoms with E-state index in [1.54, 1.807) is 25.3 Å². The molecule has 0 aliphatic carbocycles. The van der Waals surface area contributed by atoms with Gasteiger partial charge in [0.25, 0.3) is 0 Å². The minimum Gasteiger partial charge on any atom is -0.497 e. The van der Waals surface area contributed by atoms with E-state index in [-0.39, 0.29) is 5.82 Å². The Balaban J connectivity index is 2.28. The standard InChI is InChI=1S/C16H14ClFN2O/c1-21-11-6-7-15-13(10-11)19-16(8-9-17)20(15)14-5-3-2-4-12(14)18/h2-7,10H,8-9H2,1H3. The second kappa shape index (κ2) is 5.74. The summed E-state index contributed by atoms with van der Waals surface area (Å²) in [5, 5.41) is 0. The summed E-state index contributed by atoms with van der Waals surface area (Å²) < 4.78 is 21.2. The van der Waals surface area contributed by atoms with Crippen LogP contribution < -0.4 is 4.74 Å². The summed E-state index contributed by atoms with van der Waals surface area (Å²) in [6.45, 7) is 0. The van der Waals surface area contributed by atoms with Gasteiger partial charge in [0.1, 0.15) is 17.4 Å². The SMILES string of the molecule is COc1ccc2c(c1)nc(CCCl)n2-c1ccccc1F. The van der Waals surface area contributed by atoms with Crippen LogP contribution in [-0.4, -0.2) is 22.5 Å². The number of aromatic nitrogens is 2. The van der Waals surface area contributed by atoms with Crippen LogP contribution in [0.1, 0.15) is 5.82 Å². The lowest BCUT2D eigenvalue weighted by Gasteiger charge is -2.09. The van der Waals surface area contributed by atoms with Crippen LogP contribution in [0.3, 0.4) is 0 Å². The molecule has 0 aliphatic rings. The highest BCUT2D eigenvalue weighted by Crippen LogP contribution is 2.26. The molecule has 0 saturated heterocycles. The molecule has 3 rings (SSSR count). The molecule has 1 heterocycles. The number of hydrogen-bond acceptors (Lipinski definition) is 2. The van der Waals surface area contributed by atoms with E-state index < -0.39 is 0 Å². The first-order valence-corrected chi connectivity index (χ1v) is 7.14. The van der Waals surface area contributed by atoms with Gasteiger partial charge in [-0.3, -0.25) is 4.57 Å². The second-order valence-electron chi connectivity index (χ2n) is 4.61. The van der Waals surface area contributed by atoms with Crippen LogP contribution in [0, 0.1) is 5.82 Å². The molecular formula is C16H14ClFN2O. The molecule has 2 aromatic carbocycles. The fourth-order valence-corrected chi connectivity index (χ4v) is 2.56. The summed E-state index contributed by atoms with van der Waals surface area (Å²) >= 11 is 5.85. The lowest BCUT2D eigenvalue weighted by molar-refractivity contribution is 0.415. The van der Waals surface area contributed by atoms with Gasteiger partial charge < -0.3 is 4.74 Å². The van der Waals surface area contributed by atoms with Crippen LogP contribution in [-0.2, 0) is 6.42 Å². The normalized spacial score (nSPS) is 11.0. The fraction of sp³-hybridized carbons (Fsp3) is 0.188. The van der Waals surface area contributed by atoms with Crippen molar-refractivity contribution in [3.05, 3.63) is 54.1 Å². The van der Waals surface area contributed by atoms with Gasteiger partial charge in [0.05, 0.1) is 23.8 Å². The van der Waals surface area contributed by atoms with Gasteiger partial charge in [0.2, 0.25) is 0 Å². The molecule has 0 atom stereocenters. The fourth-order valence-electron chi connectivity index (χ4n) is 2.39. The zero-order valence-corrected chi connectivity index (χ0v) is 12.3. The summed E-state index contributed by atoms with van der Waals surface area (Å²) in [6.07, 6.45) is 0.562. The summed E-state index contributed by atoms with van der Waals surface area (Å²) in [4.78, 5) is 4.56. The summed E-state index contributed by atoms with van der Waals surface area (Å²) in [7, 11) is 1.61. The minimum absolute atomic E-state index is 0.288. The number of methoxy groups -OCH3 is 1. The van der Waals surface area contributed by atoms with Crippen molar-refractivity contribution in [2.24, 2.45) is 0 Å². The predicted octanol–water partition coefficient (Wildman–Crippen LogP) is 3.95.